The fourth-order valence-electron chi connectivity index (χ4n) is 4.32. The maximum Gasteiger partial charge on any atom is 0.227 e. The van der Waals surface area contributed by atoms with Gasteiger partial charge in [0.05, 0.1) is 5.54 Å². The summed E-state index contributed by atoms with van der Waals surface area (Å²) in [5.74, 6) is 0.195. The first-order valence-electron chi connectivity index (χ1n) is 9.82. The van der Waals surface area contributed by atoms with E-state index in [1.165, 1.54) is 0 Å². The number of nitrogens with one attached hydrogen (secondary N) is 2. The quantitative estimate of drug-likeness (QED) is 0.674. The lowest BCUT2D eigenvalue weighted by Gasteiger charge is -2.33. The molecular weight excluding hydrogens is 390 g/mol. The molecule has 0 radical (unpaired) electrons. The average molecular weight is 414 g/mol. The van der Waals surface area contributed by atoms with Crippen LogP contribution in [0.2, 0.25) is 5.02 Å². The number of hydrogen-bond donors (Lipinski definition) is 2. The molecule has 4 nitrogen and oxygen atoms in total. The van der Waals surface area contributed by atoms with Crippen molar-refractivity contribution in [1.29, 1.82) is 0 Å². The Labute approximate surface area is 176 Å². The van der Waals surface area contributed by atoms with Crippen LogP contribution in [0, 0.1) is 0 Å². The summed E-state index contributed by atoms with van der Waals surface area (Å²) < 4.78 is 0. The van der Waals surface area contributed by atoms with Crippen LogP contribution in [0.15, 0.2) is 48.5 Å². The summed E-state index contributed by atoms with van der Waals surface area (Å²) in [6.45, 7) is 0.798. The summed E-state index contributed by atoms with van der Waals surface area (Å²) in [4.78, 5) is 13.7. The highest BCUT2D eigenvalue weighted by Gasteiger charge is 2.37. The van der Waals surface area contributed by atoms with Crippen molar-refractivity contribution in [3.05, 3.63) is 59.1 Å². The number of thiocarbonyl (C=S) groups is 1. The lowest BCUT2D eigenvalue weighted by Crippen LogP contribution is -2.45. The third-order valence-electron chi connectivity index (χ3n) is 5.71. The number of nitrogens with zero attached hydrogens (tertiary/aromatic N) is 1. The van der Waals surface area contributed by atoms with Crippen LogP contribution in [0.1, 0.15) is 44.1 Å². The maximum atomic E-state index is 11.9. The molecule has 2 fully saturated rings. The number of anilines is 2. The van der Waals surface area contributed by atoms with Crippen molar-refractivity contribution in [2.75, 3.05) is 16.8 Å². The third kappa shape index (κ3) is 3.87. The molecule has 1 amide bonds. The van der Waals surface area contributed by atoms with Gasteiger partial charge in [-0.25, -0.2) is 0 Å². The maximum absolute atomic E-state index is 11.9. The van der Waals surface area contributed by atoms with E-state index in [4.69, 9.17) is 23.8 Å². The first-order chi connectivity index (χ1) is 13.6. The molecule has 146 valence electrons. The van der Waals surface area contributed by atoms with Gasteiger partial charge >= 0.3 is 0 Å². The largest absolute Gasteiger partial charge is 0.353 e. The molecule has 1 saturated heterocycles. The number of amides is 1. The van der Waals surface area contributed by atoms with Gasteiger partial charge in [0, 0.05) is 29.4 Å². The van der Waals surface area contributed by atoms with Gasteiger partial charge in [0.1, 0.15) is 0 Å². The first-order valence-corrected chi connectivity index (χ1v) is 10.6. The van der Waals surface area contributed by atoms with Gasteiger partial charge in [-0.15, -0.1) is 0 Å². The fraction of sp³-hybridized carbons (Fsp3) is 0.364. The van der Waals surface area contributed by atoms with Crippen LogP contribution < -0.4 is 15.5 Å². The van der Waals surface area contributed by atoms with Crippen molar-refractivity contribution in [1.82, 2.24) is 5.32 Å². The van der Waals surface area contributed by atoms with E-state index in [1.807, 2.05) is 47.4 Å². The summed E-state index contributed by atoms with van der Waals surface area (Å²) in [7, 11) is 0. The monoisotopic (exact) mass is 413 g/mol. The lowest BCUT2D eigenvalue weighted by atomic mass is 9.88. The molecule has 0 spiro atoms. The number of carbonyl (C=O) groups excluding carboxylic acids is 1. The molecule has 0 unspecified atom stereocenters. The zero-order chi connectivity index (χ0) is 19.6. The summed E-state index contributed by atoms with van der Waals surface area (Å²) in [6.07, 6.45) is 5.89. The van der Waals surface area contributed by atoms with Gasteiger partial charge in [-0.3, -0.25) is 4.79 Å². The molecule has 0 aromatic heterocycles. The highest BCUT2D eigenvalue weighted by atomic mass is 35.5. The Morgan fingerprint density at radius 1 is 1.04 bits per heavy atom. The van der Waals surface area contributed by atoms with E-state index < -0.39 is 0 Å². The molecule has 0 bridgehead atoms. The van der Waals surface area contributed by atoms with Gasteiger partial charge in [-0.2, -0.15) is 0 Å². The Morgan fingerprint density at radius 2 is 1.75 bits per heavy atom. The standard InChI is InChI=1S/C22H24ClN3OS/c23-19-7-2-1-6-18(19)22(13-3-4-14-22)25-21(28)24-16-9-11-17(12-10-16)26-15-5-8-20(26)27/h1-2,6-7,9-12H,3-5,8,13-15H2,(H2,24,25,28). The van der Waals surface area contributed by atoms with Crippen molar-refractivity contribution in [3.8, 4) is 0 Å². The van der Waals surface area contributed by atoms with Crippen LogP contribution in [0.4, 0.5) is 11.4 Å². The molecule has 2 aliphatic rings. The Balaban J connectivity index is 1.46. The zero-order valence-corrected chi connectivity index (χ0v) is 17.3. The second kappa shape index (κ2) is 8.10. The van der Waals surface area contributed by atoms with Gasteiger partial charge < -0.3 is 15.5 Å². The predicted molar refractivity (Wildman–Crippen MR) is 119 cm³/mol. The molecule has 4 rings (SSSR count). The predicted octanol–water partition coefficient (Wildman–Crippen LogP) is 5.22. The average Bonchev–Trinajstić information content (AvgIpc) is 3.32. The third-order valence-corrected chi connectivity index (χ3v) is 6.24. The van der Waals surface area contributed by atoms with Gasteiger partial charge in [-0.05, 0) is 67.4 Å². The minimum Gasteiger partial charge on any atom is -0.353 e. The Kier molecular flexibility index (Phi) is 5.56. The van der Waals surface area contributed by atoms with Crippen molar-refractivity contribution >= 4 is 46.2 Å². The van der Waals surface area contributed by atoms with Crippen LogP contribution in [0.3, 0.4) is 0 Å². The molecule has 2 aromatic carbocycles. The zero-order valence-electron chi connectivity index (χ0n) is 15.7. The van der Waals surface area contributed by atoms with Crippen LogP contribution >= 0.6 is 23.8 Å². The normalized spacial score (nSPS) is 18.3. The molecule has 2 N–H and O–H groups in total. The van der Waals surface area contributed by atoms with Crippen LogP contribution in [-0.4, -0.2) is 17.6 Å². The molecule has 1 aliphatic heterocycles. The van der Waals surface area contributed by atoms with Gasteiger partial charge in [0.2, 0.25) is 5.91 Å². The number of rotatable bonds is 4. The number of carbonyl (C=O) groups is 1. The van der Waals surface area contributed by atoms with E-state index >= 15 is 0 Å². The molecule has 1 saturated carbocycles. The summed E-state index contributed by atoms with van der Waals surface area (Å²) in [6, 6.07) is 15.9. The van der Waals surface area contributed by atoms with Crippen molar-refractivity contribution in [2.24, 2.45) is 0 Å². The highest BCUT2D eigenvalue weighted by Crippen LogP contribution is 2.41. The van der Waals surface area contributed by atoms with Gasteiger partial charge in [-0.1, -0.05) is 42.6 Å². The molecular formula is C22H24ClN3OS. The van der Waals surface area contributed by atoms with Crippen LogP contribution in [-0.2, 0) is 10.3 Å². The summed E-state index contributed by atoms with van der Waals surface area (Å²) in [5.41, 5.74) is 2.74. The smallest absolute Gasteiger partial charge is 0.227 e. The molecule has 6 heteroatoms. The second-order valence-electron chi connectivity index (χ2n) is 7.54. The number of benzene rings is 2. The van der Waals surface area contributed by atoms with E-state index in [0.29, 0.717) is 11.5 Å². The minimum atomic E-state index is -0.218. The minimum absolute atomic E-state index is 0.195. The van der Waals surface area contributed by atoms with Crippen molar-refractivity contribution < 1.29 is 4.79 Å². The highest BCUT2D eigenvalue weighted by molar-refractivity contribution is 7.80. The number of halogens is 1. The molecule has 0 atom stereocenters. The van der Waals surface area contributed by atoms with Crippen LogP contribution in [0.5, 0.6) is 0 Å². The molecule has 28 heavy (non-hydrogen) atoms. The fourth-order valence-corrected chi connectivity index (χ4v) is 4.94. The van der Waals surface area contributed by atoms with Crippen LogP contribution in [0.25, 0.3) is 0 Å². The molecule has 2 aromatic rings. The summed E-state index contributed by atoms with van der Waals surface area (Å²) in [5, 5.41) is 8.20. The first kappa shape index (κ1) is 19.2. The van der Waals surface area contributed by atoms with E-state index in [1.54, 1.807) is 0 Å². The van der Waals surface area contributed by atoms with Gasteiger partial charge in [0.25, 0.3) is 0 Å². The molecule has 1 heterocycles. The Hall–Kier alpha value is -2.11. The lowest BCUT2D eigenvalue weighted by molar-refractivity contribution is -0.117. The van der Waals surface area contributed by atoms with Crippen molar-refractivity contribution in [3.63, 3.8) is 0 Å². The second-order valence-corrected chi connectivity index (χ2v) is 8.36. The summed E-state index contributed by atoms with van der Waals surface area (Å²) >= 11 is 12.1. The van der Waals surface area contributed by atoms with E-state index in [0.717, 1.165) is 60.6 Å². The van der Waals surface area contributed by atoms with Gasteiger partial charge in [0.15, 0.2) is 5.11 Å². The molecule has 1 aliphatic carbocycles. The number of hydrogen-bond acceptors (Lipinski definition) is 2. The SMILES string of the molecule is O=C1CCCN1c1ccc(NC(=S)NC2(c3ccccc3Cl)CCCC2)cc1. The Bertz CT molecular complexity index is 878. The van der Waals surface area contributed by atoms with E-state index in [2.05, 4.69) is 16.7 Å². The Morgan fingerprint density at radius 3 is 2.39 bits per heavy atom. The topological polar surface area (TPSA) is 44.4 Å². The van der Waals surface area contributed by atoms with E-state index in [9.17, 15) is 4.79 Å². The van der Waals surface area contributed by atoms with E-state index in [-0.39, 0.29) is 11.4 Å². The van der Waals surface area contributed by atoms with Crippen molar-refractivity contribution in [2.45, 2.75) is 44.1 Å².